The highest BCUT2D eigenvalue weighted by Crippen LogP contribution is 2.26. The summed E-state index contributed by atoms with van der Waals surface area (Å²) >= 11 is 0. The molecule has 0 bridgehead atoms. The Kier molecular flexibility index (Phi) is 5.12. The Balaban J connectivity index is 2.61. The minimum Gasteiger partial charge on any atom is -0.496 e. The van der Waals surface area contributed by atoms with E-state index >= 15 is 0 Å². The molecule has 1 rings (SSSR count). The van der Waals surface area contributed by atoms with Crippen molar-refractivity contribution in [1.29, 1.82) is 0 Å². The number of methoxy groups -OCH3 is 1. The van der Waals surface area contributed by atoms with Crippen molar-refractivity contribution < 1.29 is 4.74 Å². The van der Waals surface area contributed by atoms with Crippen LogP contribution < -0.4 is 15.4 Å². The number of benzene rings is 1. The maximum Gasteiger partial charge on any atom is 0.124 e. The average molecular weight is 222 g/mol. The van der Waals surface area contributed by atoms with Crippen molar-refractivity contribution in [2.75, 3.05) is 32.1 Å². The molecule has 0 amide bonds. The third-order valence-corrected chi connectivity index (χ3v) is 2.55. The van der Waals surface area contributed by atoms with Crippen molar-refractivity contribution >= 4 is 5.69 Å². The maximum absolute atomic E-state index is 5.33. The van der Waals surface area contributed by atoms with E-state index in [0.29, 0.717) is 0 Å². The molecule has 2 N–H and O–H groups in total. The van der Waals surface area contributed by atoms with E-state index in [1.54, 1.807) is 7.11 Å². The summed E-state index contributed by atoms with van der Waals surface area (Å²) < 4.78 is 5.33. The van der Waals surface area contributed by atoms with E-state index in [2.05, 4.69) is 43.5 Å². The molecule has 0 atom stereocenters. The molecular formula is C13H22N2O. The highest BCUT2D eigenvalue weighted by atomic mass is 16.5. The summed E-state index contributed by atoms with van der Waals surface area (Å²) in [6, 6.07) is 4.25. The molecule has 3 nitrogen and oxygen atoms in total. The number of rotatable bonds is 6. The van der Waals surface area contributed by atoms with Crippen LogP contribution in [0.15, 0.2) is 12.1 Å². The Hall–Kier alpha value is -1.22. The highest BCUT2D eigenvalue weighted by molar-refractivity contribution is 5.55. The van der Waals surface area contributed by atoms with Gasteiger partial charge < -0.3 is 15.4 Å². The number of likely N-dealkylation sites (N-methyl/N-ethyl adjacent to an activating group) is 1. The van der Waals surface area contributed by atoms with Gasteiger partial charge in [-0.2, -0.15) is 0 Å². The highest BCUT2D eigenvalue weighted by Gasteiger charge is 2.04. The van der Waals surface area contributed by atoms with Gasteiger partial charge in [-0.05, 0) is 43.7 Å². The molecule has 16 heavy (non-hydrogen) atoms. The molecule has 0 aliphatic carbocycles. The van der Waals surface area contributed by atoms with Crippen LogP contribution in [0.2, 0.25) is 0 Å². The van der Waals surface area contributed by atoms with Gasteiger partial charge in [0.1, 0.15) is 5.75 Å². The Bertz CT molecular complexity index is 314. The van der Waals surface area contributed by atoms with Crippen molar-refractivity contribution in [1.82, 2.24) is 5.32 Å². The summed E-state index contributed by atoms with van der Waals surface area (Å²) in [6.45, 7) is 9.20. The van der Waals surface area contributed by atoms with Gasteiger partial charge in [0.05, 0.1) is 7.11 Å². The van der Waals surface area contributed by atoms with Crippen molar-refractivity contribution in [3.05, 3.63) is 23.3 Å². The zero-order valence-corrected chi connectivity index (χ0v) is 10.7. The van der Waals surface area contributed by atoms with Gasteiger partial charge in [-0.1, -0.05) is 6.92 Å². The largest absolute Gasteiger partial charge is 0.496 e. The van der Waals surface area contributed by atoms with Gasteiger partial charge in [0.25, 0.3) is 0 Å². The molecule has 0 aliphatic rings. The van der Waals surface area contributed by atoms with Crippen LogP contribution in [0.5, 0.6) is 5.75 Å². The summed E-state index contributed by atoms with van der Waals surface area (Å²) in [5.74, 6) is 0.984. The SMILES string of the molecule is CCNCCNc1cc(C)c(OC)c(C)c1. The first-order chi connectivity index (χ1) is 7.69. The summed E-state index contributed by atoms with van der Waals surface area (Å²) in [6.07, 6.45) is 0. The second kappa shape index (κ2) is 6.38. The summed E-state index contributed by atoms with van der Waals surface area (Å²) in [5.41, 5.74) is 3.51. The fraction of sp³-hybridized carbons (Fsp3) is 0.538. The molecule has 0 fully saturated rings. The van der Waals surface area contributed by atoms with E-state index < -0.39 is 0 Å². The van der Waals surface area contributed by atoms with Crippen LogP contribution in [-0.2, 0) is 0 Å². The average Bonchev–Trinajstić information content (AvgIpc) is 2.24. The summed E-state index contributed by atoms with van der Waals surface area (Å²) in [5, 5.41) is 6.68. The molecular weight excluding hydrogens is 200 g/mol. The lowest BCUT2D eigenvalue weighted by molar-refractivity contribution is 0.408. The standard InChI is InChI=1S/C13H22N2O/c1-5-14-6-7-15-12-8-10(2)13(16-4)11(3)9-12/h8-9,14-15H,5-7H2,1-4H3. The first-order valence-electron chi connectivity index (χ1n) is 5.78. The first kappa shape index (κ1) is 12.8. The fourth-order valence-corrected chi connectivity index (χ4v) is 1.85. The van der Waals surface area contributed by atoms with E-state index in [9.17, 15) is 0 Å². The molecule has 0 aliphatic heterocycles. The van der Waals surface area contributed by atoms with Crippen LogP contribution in [0.3, 0.4) is 0 Å². The topological polar surface area (TPSA) is 33.3 Å². The lowest BCUT2D eigenvalue weighted by Gasteiger charge is -2.13. The quantitative estimate of drug-likeness (QED) is 0.725. The molecule has 0 saturated carbocycles. The van der Waals surface area contributed by atoms with Crippen LogP contribution in [0.4, 0.5) is 5.69 Å². The van der Waals surface area contributed by atoms with Crippen LogP contribution in [0, 0.1) is 13.8 Å². The molecule has 1 aromatic rings. The van der Waals surface area contributed by atoms with Gasteiger partial charge in [0.15, 0.2) is 0 Å². The van der Waals surface area contributed by atoms with Gasteiger partial charge in [0.2, 0.25) is 0 Å². The van der Waals surface area contributed by atoms with Crippen molar-refractivity contribution in [3.8, 4) is 5.75 Å². The molecule has 0 spiro atoms. The lowest BCUT2D eigenvalue weighted by Crippen LogP contribution is -2.21. The fourth-order valence-electron chi connectivity index (χ4n) is 1.85. The number of aryl methyl sites for hydroxylation is 2. The molecule has 0 radical (unpaired) electrons. The van der Waals surface area contributed by atoms with Crippen LogP contribution in [-0.4, -0.2) is 26.7 Å². The number of hydrogen-bond acceptors (Lipinski definition) is 3. The third kappa shape index (κ3) is 3.42. The van der Waals surface area contributed by atoms with Crippen LogP contribution >= 0.6 is 0 Å². The van der Waals surface area contributed by atoms with Gasteiger partial charge in [-0.3, -0.25) is 0 Å². The second-order valence-electron chi connectivity index (χ2n) is 3.92. The first-order valence-corrected chi connectivity index (χ1v) is 5.78. The Morgan fingerprint density at radius 1 is 1.12 bits per heavy atom. The summed E-state index contributed by atoms with van der Waals surface area (Å²) in [7, 11) is 1.72. The zero-order chi connectivity index (χ0) is 12.0. The van der Waals surface area contributed by atoms with Crippen molar-refractivity contribution in [2.45, 2.75) is 20.8 Å². The van der Waals surface area contributed by atoms with Crippen LogP contribution in [0.25, 0.3) is 0 Å². The van der Waals surface area contributed by atoms with Crippen molar-refractivity contribution in [2.24, 2.45) is 0 Å². The van der Waals surface area contributed by atoms with Gasteiger partial charge in [0, 0.05) is 18.8 Å². The molecule has 3 heteroatoms. The smallest absolute Gasteiger partial charge is 0.124 e. The third-order valence-electron chi connectivity index (χ3n) is 2.55. The molecule has 90 valence electrons. The Morgan fingerprint density at radius 2 is 1.75 bits per heavy atom. The molecule has 1 aromatic carbocycles. The van der Waals surface area contributed by atoms with Gasteiger partial charge >= 0.3 is 0 Å². The predicted molar refractivity (Wildman–Crippen MR) is 69.5 cm³/mol. The lowest BCUT2D eigenvalue weighted by atomic mass is 10.1. The monoisotopic (exact) mass is 222 g/mol. The van der Waals surface area contributed by atoms with E-state index in [-0.39, 0.29) is 0 Å². The van der Waals surface area contributed by atoms with E-state index in [1.165, 1.54) is 11.1 Å². The maximum atomic E-state index is 5.33. The molecule has 0 aromatic heterocycles. The van der Waals surface area contributed by atoms with Crippen LogP contribution in [0.1, 0.15) is 18.1 Å². The minimum absolute atomic E-state index is 0.944. The molecule has 0 unspecified atom stereocenters. The van der Waals surface area contributed by atoms with Crippen molar-refractivity contribution in [3.63, 3.8) is 0 Å². The molecule has 0 saturated heterocycles. The van der Waals surface area contributed by atoms with Gasteiger partial charge in [-0.25, -0.2) is 0 Å². The number of anilines is 1. The van der Waals surface area contributed by atoms with E-state index in [4.69, 9.17) is 4.74 Å². The minimum atomic E-state index is 0.944. The van der Waals surface area contributed by atoms with E-state index in [0.717, 1.165) is 31.1 Å². The molecule has 0 heterocycles. The Morgan fingerprint density at radius 3 is 2.25 bits per heavy atom. The van der Waals surface area contributed by atoms with E-state index in [1.807, 2.05) is 0 Å². The normalized spacial score (nSPS) is 10.2. The number of ether oxygens (including phenoxy) is 1. The zero-order valence-electron chi connectivity index (χ0n) is 10.7. The number of nitrogens with one attached hydrogen (secondary N) is 2. The summed E-state index contributed by atoms with van der Waals surface area (Å²) in [4.78, 5) is 0. The predicted octanol–water partition coefficient (Wildman–Crippen LogP) is 2.33. The van der Waals surface area contributed by atoms with Gasteiger partial charge in [-0.15, -0.1) is 0 Å². The second-order valence-corrected chi connectivity index (χ2v) is 3.92. The Labute approximate surface area is 98.2 Å². The number of hydrogen-bond donors (Lipinski definition) is 2.